The lowest BCUT2D eigenvalue weighted by molar-refractivity contribution is 0.600. The summed E-state index contributed by atoms with van der Waals surface area (Å²) < 4.78 is 28.2. The van der Waals surface area contributed by atoms with Gasteiger partial charge in [-0.3, -0.25) is 4.72 Å². The number of anilines is 3. The number of hydrogen-bond acceptors (Lipinski definition) is 4. The summed E-state index contributed by atoms with van der Waals surface area (Å²) in [5, 5.41) is 3.16. The molecule has 2 aromatic carbocycles. The number of pyridine rings is 1. The summed E-state index contributed by atoms with van der Waals surface area (Å²) in [5.41, 5.74) is 3.83. The van der Waals surface area contributed by atoms with E-state index < -0.39 is 10.0 Å². The lowest BCUT2D eigenvalue weighted by Gasteiger charge is -2.14. The SMILES string of the molecule is Cc1cc(C)c(S(=O)(=O)Nc2ccc(Nc3ccccc3)nc2)c(C)c1. The maximum atomic E-state index is 12.8. The van der Waals surface area contributed by atoms with E-state index >= 15 is 0 Å². The van der Waals surface area contributed by atoms with E-state index in [2.05, 4.69) is 15.0 Å². The van der Waals surface area contributed by atoms with Crippen molar-refractivity contribution in [1.82, 2.24) is 4.98 Å². The fraction of sp³-hybridized carbons (Fsp3) is 0.150. The largest absolute Gasteiger partial charge is 0.340 e. The maximum Gasteiger partial charge on any atom is 0.262 e. The Hall–Kier alpha value is -2.86. The molecule has 0 unspecified atom stereocenters. The van der Waals surface area contributed by atoms with Gasteiger partial charge in [0.05, 0.1) is 16.8 Å². The van der Waals surface area contributed by atoms with E-state index in [9.17, 15) is 8.42 Å². The van der Waals surface area contributed by atoms with Gasteiger partial charge in [-0.1, -0.05) is 35.9 Å². The average Bonchev–Trinajstić information content (AvgIpc) is 2.56. The number of rotatable bonds is 5. The first-order valence-corrected chi connectivity index (χ1v) is 9.72. The van der Waals surface area contributed by atoms with Crippen LogP contribution in [0.4, 0.5) is 17.2 Å². The van der Waals surface area contributed by atoms with Crippen molar-refractivity contribution in [2.45, 2.75) is 25.7 Å². The Bertz CT molecular complexity index is 992. The summed E-state index contributed by atoms with van der Waals surface area (Å²) in [4.78, 5) is 4.59. The predicted molar refractivity (Wildman–Crippen MR) is 105 cm³/mol. The average molecular weight is 367 g/mol. The number of nitrogens with one attached hydrogen (secondary N) is 2. The van der Waals surface area contributed by atoms with Crippen LogP contribution in [-0.4, -0.2) is 13.4 Å². The van der Waals surface area contributed by atoms with Crippen LogP contribution in [0, 0.1) is 20.8 Å². The molecule has 0 atom stereocenters. The second-order valence-electron chi connectivity index (χ2n) is 6.26. The monoisotopic (exact) mass is 367 g/mol. The molecule has 134 valence electrons. The minimum absolute atomic E-state index is 0.314. The summed E-state index contributed by atoms with van der Waals surface area (Å²) in [6.45, 7) is 5.56. The van der Waals surface area contributed by atoms with Gasteiger partial charge in [0, 0.05) is 5.69 Å². The van der Waals surface area contributed by atoms with Crippen molar-refractivity contribution in [1.29, 1.82) is 0 Å². The van der Waals surface area contributed by atoms with E-state index in [0.717, 1.165) is 22.4 Å². The van der Waals surface area contributed by atoms with Gasteiger partial charge in [0.1, 0.15) is 5.82 Å². The number of aryl methyl sites for hydroxylation is 3. The Kier molecular flexibility index (Phi) is 4.95. The number of para-hydroxylation sites is 1. The fourth-order valence-electron chi connectivity index (χ4n) is 2.99. The van der Waals surface area contributed by atoms with E-state index in [-0.39, 0.29) is 0 Å². The third-order valence-corrected chi connectivity index (χ3v) is 5.62. The summed E-state index contributed by atoms with van der Waals surface area (Å²) in [6.07, 6.45) is 1.50. The van der Waals surface area contributed by atoms with Crippen LogP contribution >= 0.6 is 0 Å². The molecule has 0 aliphatic rings. The zero-order valence-electron chi connectivity index (χ0n) is 14.9. The zero-order chi connectivity index (χ0) is 18.7. The number of aromatic nitrogens is 1. The predicted octanol–water partition coefficient (Wildman–Crippen LogP) is 4.55. The van der Waals surface area contributed by atoms with Crippen LogP contribution in [0.15, 0.2) is 65.7 Å². The standard InChI is InChI=1S/C20H21N3O2S/c1-14-11-15(2)20(16(3)12-14)26(24,25)23-18-9-10-19(21-13-18)22-17-7-5-4-6-8-17/h4-13,23H,1-3H3,(H,21,22). The lowest BCUT2D eigenvalue weighted by Crippen LogP contribution is -2.16. The van der Waals surface area contributed by atoms with Gasteiger partial charge in [0.25, 0.3) is 10.0 Å². The van der Waals surface area contributed by atoms with Gasteiger partial charge in [-0.25, -0.2) is 13.4 Å². The molecule has 26 heavy (non-hydrogen) atoms. The number of hydrogen-bond donors (Lipinski definition) is 2. The molecule has 0 aliphatic carbocycles. The highest BCUT2D eigenvalue weighted by molar-refractivity contribution is 7.92. The quantitative estimate of drug-likeness (QED) is 0.694. The third kappa shape index (κ3) is 4.03. The van der Waals surface area contributed by atoms with E-state index in [4.69, 9.17) is 0 Å². The van der Waals surface area contributed by atoms with Crippen LogP contribution < -0.4 is 10.0 Å². The van der Waals surface area contributed by atoms with Gasteiger partial charge in [0.15, 0.2) is 0 Å². The van der Waals surface area contributed by atoms with E-state index in [0.29, 0.717) is 16.4 Å². The minimum atomic E-state index is -3.67. The van der Waals surface area contributed by atoms with Gasteiger partial charge in [-0.2, -0.15) is 0 Å². The van der Waals surface area contributed by atoms with Crippen LogP contribution in [0.1, 0.15) is 16.7 Å². The minimum Gasteiger partial charge on any atom is -0.340 e. The molecule has 0 bridgehead atoms. The first-order valence-electron chi connectivity index (χ1n) is 8.24. The molecule has 3 aromatic rings. The molecule has 0 saturated carbocycles. The van der Waals surface area contributed by atoms with Crippen LogP contribution in [0.25, 0.3) is 0 Å². The fourth-order valence-corrected chi connectivity index (χ4v) is 4.49. The van der Waals surface area contributed by atoms with Crippen LogP contribution in [0.5, 0.6) is 0 Å². The second kappa shape index (κ2) is 7.17. The number of nitrogens with zero attached hydrogens (tertiary/aromatic N) is 1. The summed E-state index contributed by atoms with van der Waals surface area (Å²) in [5.74, 6) is 0.641. The Morgan fingerprint density at radius 3 is 2.08 bits per heavy atom. The molecule has 5 nitrogen and oxygen atoms in total. The molecule has 3 rings (SSSR count). The van der Waals surface area contributed by atoms with Crippen LogP contribution in [-0.2, 0) is 10.0 Å². The first kappa shape index (κ1) is 17.9. The normalized spacial score (nSPS) is 11.2. The highest BCUT2D eigenvalue weighted by Gasteiger charge is 2.20. The maximum absolute atomic E-state index is 12.8. The van der Waals surface area contributed by atoms with Crippen LogP contribution in [0.2, 0.25) is 0 Å². The molecule has 1 heterocycles. The Labute approximate surface area is 154 Å². The van der Waals surface area contributed by atoms with Crippen molar-refractivity contribution in [3.63, 3.8) is 0 Å². The van der Waals surface area contributed by atoms with E-state index in [1.807, 2.05) is 49.4 Å². The van der Waals surface area contributed by atoms with Gasteiger partial charge in [-0.05, 0) is 56.2 Å². The van der Waals surface area contributed by atoms with Gasteiger partial charge in [0.2, 0.25) is 0 Å². The molecule has 0 saturated heterocycles. The highest BCUT2D eigenvalue weighted by Crippen LogP contribution is 2.24. The topological polar surface area (TPSA) is 71.1 Å². The lowest BCUT2D eigenvalue weighted by atomic mass is 10.1. The van der Waals surface area contributed by atoms with Crippen molar-refractivity contribution >= 4 is 27.2 Å². The number of sulfonamides is 1. The van der Waals surface area contributed by atoms with E-state index in [1.54, 1.807) is 26.0 Å². The molecule has 0 radical (unpaired) electrons. The molecular weight excluding hydrogens is 346 g/mol. The summed E-state index contributed by atoms with van der Waals surface area (Å²) >= 11 is 0. The molecular formula is C20H21N3O2S. The van der Waals surface area contributed by atoms with Gasteiger partial charge < -0.3 is 5.32 Å². The smallest absolute Gasteiger partial charge is 0.262 e. The Morgan fingerprint density at radius 1 is 0.846 bits per heavy atom. The van der Waals surface area contributed by atoms with Gasteiger partial charge >= 0.3 is 0 Å². The Morgan fingerprint density at radius 2 is 1.50 bits per heavy atom. The first-order chi connectivity index (χ1) is 12.3. The molecule has 1 aromatic heterocycles. The van der Waals surface area contributed by atoms with Crippen molar-refractivity contribution < 1.29 is 8.42 Å². The van der Waals surface area contributed by atoms with Crippen molar-refractivity contribution in [3.8, 4) is 0 Å². The Balaban J connectivity index is 1.80. The molecule has 6 heteroatoms. The summed E-state index contributed by atoms with van der Waals surface area (Å²) in [7, 11) is -3.67. The third-order valence-electron chi connectivity index (χ3n) is 3.94. The van der Waals surface area contributed by atoms with Crippen molar-refractivity contribution in [3.05, 3.63) is 77.5 Å². The highest BCUT2D eigenvalue weighted by atomic mass is 32.2. The van der Waals surface area contributed by atoms with Gasteiger partial charge in [-0.15, -0.1) is 0 Å². The van der Waals surface area contributed by atoms with E-state index in [1.165, 1.54) is 6.20 Å². The van der Waals surface area contributed by atoms with Crippen molar-refractivity contribution in [2.75, 3.05) is 10.0 Å². The molecule has 0 amide bonds. The van der Waals surface area contributed by atoms with Crippen molar-refractivity contribution in [2.24, 2.45) is 0 Å². The molecule has 0 spiro atoms. The van der Waals surface area contributed by atoms with Crippen LogP contribution in [0.3, 0.4) is 0 Å². The molecule has 0 aliphatic heterocycles. The second-order valence-corrected chi connectivity index (χ2v) is 7.88. The zero-order valence-corrected chi connectivity index (χ0v) is 15.8. The molecule has 2 N–H and O–H groups in total. The molecule has 0 fully saturated rings. The number of benzene rings is 2. The summed E-state index contributed by atoms with van der Waals surface area (Å²) in [6, 6.07) is 16.8.